The van der Waals surface area contributed by atoms with Gasteiger partial charge in [-0.25, -0.2) is 0 Å². The van der Waals surface area contributed by atoms with Crippen LogP contribution >= 0.6 is 15.9 Å². The molecule has 0 fully saturated rings. The summed E-state index contributed by atoms with van der Waals surface area (Å²) in [6.07, 6.45) is 0. The Morgan fingerprint density at radius 1 is 1.26 bits per heavy atom. The van der Waals surface area contributed by atoms with Gasteiger partial charge in [-0.3, -0.25) is 9.59 Å². The predicted molar refractivity (Wildman–Crippen MR) is 91.0 cm³/mol. The number of halogens is 1. The minimum absolute atomic E-state index is 0.116. The van der Waals surface area contributed by atoms with Crippen LogP contribution < -0.4 is 10.1 Å². The largest absolute Gasteiger partial charge is 0.491 e. The molecule has 0 saturated heterocycles. The van der Waals surface area contributed by atoms with Gasteiger partial charge in [0.15, 0.2) is 0 Å². The fourth-order valence-corrected chi connectivity index (χ4v) is 2.81. The lowest BCUT2D eigenvalue weighted by Gasteiger charge is -2.13. The van der Waals surface area contributed by atoms with Gasteiger partial charge in [0.1, 0.15) is 12.4 Å². The van der Waals surface area contributed by atoms with Gasteiger partial charge in [-0.15, -0.1) is 0 Å². The minimum atomic E-state index is -0.243. The van der Waals surface area contributed by atoms with Gasteiger partial charge < -0.3 is 15.0 Å². The number of ether oxygens (including phenoxy) is 1. The van der Waals surface area contributed by atoms with E-state index in [1.807, 2.05) is 6.07 Å². The van der Waals surface area contributed by atoms with Crippen molar-refractivity contribution in [2.45, 2.75) is 0 Å². The summed E-state index contributed by atoms with van der Waals surface area (Å²) in [5, 5.41) is 2.81. The number of likely N-dealkylation sites (N-methyl/N-ethyl adjacent to an activating group) is 1. The Morgan fingerprint density at radius 2 is 2.04 bits per heavy atom. The van der Waals surface area contributed by atoms with E-state index < -0.39 is 0 Å². The molecule has 1 aliphatic rings. The molecular formula is C17H15BrN2O3. The highest BCUT2D eigenvalue weighted by atomic mass is 79.9. The zero-order valence-electron chi connectivity index (χ0n) is 12.5. The summed E-state index contributed by atoms with van der Waals surface area (Å²) in [4.78, 5) is 26.3. The molecule has 1 heterocycles. The lowest BCUT2D eigenvalue weighted by Crippen LogP contribution is -2.27. The van der Waals surface area contributed by atoms with Crippen molar-refractivity contribution in [1.82, 2.24) is 4.90 Å². The van der Waals surface area contributed by atoms with Crippen LogP contribution in [0, 0.1) is 0 Å². The van der Waals surface area contributed by atoms with Crippen molar-refractivity contribution in [2.24, 2.45) is 0 Å². The van der Waals surface area contributed by atoms with Gasteiger partial charge in [-0.2, -0.15) is 0 Å². The van der Waals surface area contributed by atoms with Crippen LogP contribution in [0.1, 0.15) is 20.7 Å². The molecule has 2 amide bonds. The van der Waals surface area contributed by atoms with E-state index in [2.05, 4.69) is 21.2 Å². The molecule has 0 aliphatic carbocycles. The van der Waals surface area contributed by atoms with Crippen LogP contribution in [0.4, 0.5) is 5.69 Å². The second-order valence-electron chi connectivity index (χ2n) is 5.22. The maximum Gasteiger partial charge on any atom is 0.257 e. The molecule has 2 aromatic carbocycles. The van der Waals surface area contributed by atoms with Crippen LogP contribution in [0.5, 0.6) is 5.75 Å². The third-order valence-corrected chi connectivity index (χ3v) is 4.31. The first-order chi connectivity index (χ1) is 11.1. The first kappa shape index (κ1) is 15.6. The van der Waals surface area contributed by atoms with Gasteiger partial charge >= 0.3 is 0 Å². The van der Waals surface area contributed by atoms with Gasteiger partial charge in [0.25, 0.3) is 11.8 Å². The molecule has 5 nitrogen and oxygen atoms in total. The highest BCUT2D eigenvalue weighted by Gasteiger charge is 2.21. The summed E-state index contributed by atoms with van der Waals surface area (Å²) in [5.41, 5.74) is 1.54. The van der Waals surface area contributed by atoms with Crippen LogP contribution in [0.25, 0.3) is 0 Å². The Bertz CT molecular complexity index is 776. The van der Waals surface area contributed by atoms with Crippen molar-refractivity contribution in [3.05, 3.63) is 58.1 Å². The molecule has 6 heteroatoms. The van der Waals surface area contributed by atoms with E-state index >= 15 is 0 Å². The lowest BCUT2D eigenvalue weighted by molar-refractivity contribution is 0.0796. The molecule has 0 atom stereocenters. The summed E-state index contributed by atoms with van der Waals surface area (Å²) in [6.45, 7) is 0.990. The molecule has 2 aromatic rings. The summed E-state index contributed by atoms with van der Waals surface area (Å²) >= 11 is 3.36. The lowest BCUT2D eigenvalue weighted by atomic mass is 10.1. The Labute approximate surface area is 142 Å². The van der Waals surface area contributed by atoms with Crippen molar-refractivity contribution < 1.29 is 14.3 Å². The summed E-state index contributed by atoms with van der Waals surface area (Å²) in [6, 6.07) is 12.3. The van der Waals surface area contributed by atoms with Crippen molar-refractivity contribution >= 4 is 33.4 Å². The van der Waals surface area contributed by atoms with Gasteiger partial charge in [-0.05, 0) is 46.3 Å². The number of amides is 2. The van der Waals surface area contributed by atoms with E-state index in [0.29, 0.717) is 40.2 Å². The molecule has 0 spiro atoms. The predicted octanol–water partition coefficient (Wildman–Crippen LogP) is 3.17. The highest BCUT2D eigenvalue weighted by Crippen LogP contribution is 2.27. The Kier molecular flexibility index (Phi) is 4.34. The zero-order chi connectivity index (χ0) is 16.4. The first-order valence-corrected chi connectivity index (χ1v) is 7.94. The van der Waals surface area contributed by atoms with Crippen LogP contribution in [-0.4, -0.2) is 36.9 Å². The molecule has 0 radical (unpaired) electrons. The maximum atomic E-state index is 12.3. The highest BCUT2D eigenvalue weighted by molar-refractivity contribution is 9.10. The third kappa shape index (κ3) is 3.22. The molecule has 1 N–H and O–H groups in total. The summed E-state index contributed by atoms with van der Waals surface area (Å²) < 4.78 is 6.28. The molecule has 23 heavy (non-hydrogen) atoms. The molecule has 0 saturated carbocycles. The van der Waals surface area contributed by atoms with Crippen molar-refractivity contribution in [3.63, 3.8) is 0 Å². The maximum absolute atomic E-state index is 12.3. The van der Waals surface area contributed by atoms with E-state index in [9.17, 15) is 9.59 Å². The Morgan fingerprint density at radius 3 is 2.83 bits per heavy atom. The van der Waals surface area contributed by atoms with Crippen molar-refractivity contribution in [1.29, 1.82) is 0 Å². The summed E-state index contributed by atoms with van der Waals surface area (Å²) in [7, 11) is 1.73. The van der Waals surface area contributed by atoms with Crippen LogP contribution in [0.15, 0.2) is 46.9 Å². The minimum Gasteiger partial charge on any atom is -0.491 e. The molecule has 0 unspecified atom stereocenters. The number of benzene rings is 2. The van der Waals surface area contributed by atoms with E-state index in [1.54, 1.807) is 48.3 Å². The van der Waals surface area contributed by atoms with E-state index in [1.165, 1.54) is 0 Å². The van der Waals surface area contributed by atoms with E-state index in [-0.39, 0.29) is 11.8 Å². The number of hydrogen-bond donors (Lipinski definition) is 1. The number of carbonyl (C=O) groups is 2. The SMILES string of the molecule is CN1CCOc2ccc(NC(=O)c3ccccc3Br)cc2C1=O. The first-order valence-electron chi connectivity index (χ1n) is 7.14. The molecule has 0 bridgehead atoms. The second kappa shape index (κ2) is 6.42. The smallest absolute Gasteiger partial charge is 0.257 e. The fourth-order valence-electron chi connectivity index (χ4n) is 2.34. The third-order valence-electron chi connectivity index (χ3n) is 3.62. The molecule has 3 rings (SSSR count). The Hall–Kier alpha value is -2.34. The number of nitrogens with one attached hydrogen (secondary N) is 1. The molecule has 118 valence electrons. The molecule has 1 aliphatic heterocycles. The topological polar surface area (TPSA) is 58.6 Å². The van der Waals surface area contributed by atoms with E-state index in [0.717, 1.165) is 0 Å². The van der Waals surface area contributed by atoms with Gasteiger partial charge in [0.2, 0.25) is 0 Å². The number of anilines is 1. The van der Waals surface area contributed by atoms with Crippen LogP contribution in [-0.2, 0) is 0 Å². The number of rotatable bonds is 2. The van der Waals surface area contributed by atoms with Gasteiger partial charge in [0.05, 0.1) is 17.7 Å². The van der Waals surface area contributed by atoms with E-state index in [4.69, 9.17) is 4.74 Å². The monoisotopic (exact) mass is 374 g/mol. The van der Waals surface area contributed by atoms with Crippen molar-refractivity contribution in [3.8, 4) is 5.75 Å². The normalized spacial score (nSPS) is 13.8. The summed E-state index contributed by atoms with van der Waals surface area (Å²) in [5.74, 6) is 0.181. The van der Waals surface area contributed by atoms with Gasteiger partial charge in [-0.1, -0.05) is 12.1 Å². The average Bonchev–Trinajstić information content (AvgIpc) is 2.68. The second-order valence-corrected chi connectivity index (χ2v) is 6.07. The number of hydrogen-bond acceptors (Lipinski definition) is 3. The van der Waals surface area contributed by atoms with Crippen LogP contribution in [0.3, 0.4) is 0 Å². The van der Waals surface area contributed by atoms with Crippen LogP contribution in [0.2, 0.25) is 0 Å². The van der Waals surface area contributed by atoms with Crippen molar-refractivity contribution in [2.75, 3.05) is 25.5 Å². The fraction of sp³-hybridized carbons (Fsp3) is 0.176. The zero-order valence-corrected chi connectivity index (χ0v) is 14.1. The van der Waals surface area contributed by atoms with Gasteiger partial charge in [0, 0.05) is 17.2 Å². The molecule has 0 aromatic heterocycles. The number of carbonyl (C=O) groups excluding carboxylic acids is 2. The molecular weight excluding hydrogens is 360 g/mol. The average molecular weight is 375 g/mol. The number of nitrogens with zero attached hydrogens (tertiary/aromatic N) is 1. The number of fused-ring (bicyclic) bond motifs is 1. The standard InChI is InChI=1S/C17H15BrN2O3/c1-20-8-9-23-15-7-6-11(10-13(15)17(20)22)19-16(21)12-4-2-3-5-14(12)18/h2-7,10H,8-9H2,1H3,(H,19,21). The quantitative estimate of drug-likeness (QED) is 0.877. The Balaban J connectivity index is 1.88.